The van der Waals surface area contributed by atoms with E-state index >= 15 is 0 Å². The van der Waals surface area contributed by atoms with Crippen LogP contribution in [0, 0.1) is 11.7 Å². The first kappa shape index (κ1) is 12.5. The second kappa shape index (κ2) is 5.61. The van der Waals surface area contributed by atoms with Crippen molar-refractivity contribution in [3.8, 4) is 0 Å². The van der Waals surface area contributed by atoms with E-state index < -0.39 is 5.82 Å². The lowest BCUT2D eigenvalue weighted by Crippen LogP contribution is -2.32. The predicted octanol–water partition coefficient (Wildman–Crippen LogP) is 2.59. The lowest BCUT2D eigenvalue weighted by molar-refractivity contribution is -0.122. The van der Waals surface area contributed by atoms with Gasteiger partial charge < -0.3 is 5.32 Å². The van der Waals surface area contributed by atoms with Crippen LogP contribution in [0.15, 0.2) is 18.2 Å². The topological polar surface area (TPSA) is 29.1 Å². The zero-order valence-corrected chi connectivity index (χ0v) is 10.3. The van der Waals surface area contributed by atoms with Gasteiger partial charge in [0.15, 0.2) is 0 Å². The molecule has 0 bridgehead atoms. The maximum Gasteiger partial charge on any atom is 0.142 e. The first-order valence-corrected chi connectivity index (χ1v) is 6.22. The standard InChI is InChI=1S/C13H15ClFNO/c14-13-10(2-1-3-11(13)15)8-12(17)9-4-6-16-7-5-9/h1-3,9,16H,4-8H2. The van der Waals surface area contributed by atoms with Crippen LogP contribution in [0.1, 0.15) is 18.4 Å². The van der Waals surface area contributed by atoms with Gasteiger partial charge in [-0.25, -0.2) is 4.39 Å². The largest absolute Gasteiger partial charge is 0.317 e. The number of benzene rings is 1. The highest BCUT2D eigenvalue weighted by Gasteiger charge is 2.21. The summed E-state index contributed by atoms with van der Waals surface area (Å²) in [5, 5.41) is 3.29. The van der Waals surface area contributed by atoms with Crippen LogP contribution in [0.5, 0.6) is 0 Å². The average Bonchev–Trinajstić information content (AvgIpc) is 2.36. The molecule has 1 aliphatic heterocycles. The summed E-state index contributed by atoms with van der Waals surface area (Å²) < 4.78 is 13.2. The molecule has 0 aliphatic carbocycles. The Morgan fingerprint density at radius 3 is 2.82 bits per heavy atom. The highest BCUT2D eigenvalue weighted by atomic mass is 35.5. The molecule has 92 valence electrons. The van der Waals surface area contributed by atoms with Crippen molar-refractivity contribution in [3.63, 3.8) is 0 Å². The summed E-state index contributed by atoms with van der Waals surface area (Å²) in [6.45, 7) is 1.76. The van der Waals surface area contributed by atoms with Crippen molar-refractivity contribution in [3.05, 3.63) is 34.6 Å². The highest BCUT2D eigenvalue weighted by molar-refractivity contribution is 6.31. The molecule has 0 radical (unpaired) electrons. The fourth-order valence-corrected chi connectivity index (χ4v) is 2.35. The molecule has 1 aromatic carbocycles. The third-order valence-electron chi connectivity index (χ3n) is 3.19. The number of nitrogens with one attached hydrogen (secondary N) is 1. The number of hydrogen-bond acceptors (Lipinski definition) is 2. The van der Waals surface area contributed by atoms with Crippen molar-refractivity contribution in [2.24, 2.45) is 5.92 Å². The lowest BCUT2D eigenvalue weighted by atomic mass is 9.90. The number of piperidine rings is 1. The lowest BCUT2D eigenvalue weighted by Gasteiger charge is -2.21. The van der Waals surface area contributed by atoms with E-state index in [1.54, 1.807) is 12.1 Å². The maximum atomic E-state index is 13.2. The van der Waals surface area contributed by atoms with Crippen LogP contribution < -0.4 is 5.32 Å². The predicted molar refractivity (Wildman–Crippen MR) is 65.7 cm³/mol. The minimum Gasteiger partial charge on any atom is -0.317 e. The summed E-state index contributed by atoms with van der Waals surface area (Å²) in [5.74, 6) is -0.197. The van der Waals surface area contributed by atoms with Gasteiger partial charge in [-0.05, 0) is 37.6 Å². The van der Waals surface area contributed by atoms with E-state index in [0.717, 1.165) is 25.9 Å². The zero-order chi connectivity index (χ0) is 12.3. The quantitative estimate of drug-likeness (QED) is 0.900. The number of halogens is 2. The molecular formula is C13H15ClFNO. The fraction of sp³-hybridized carbons (Fsp3) is 0.462. The van der Waals surface area contributed by atoms with E-state index in [2.05, 4.69) is 5.32 Å². The summed E-state index contributed by atoms with van der Waals surface area (Å²) in [6.07, 6.45) is 1.97. The molecule has 1 fully saturated rings. The number of rotatable bonds is 3. The van der Waals surface area contributed by atoms with E-state index in [9.17, 15) is 9.18 Å². The van der Waals surface area contributed by atoms with E-state index in [-0.39, 0.29) is 23.1 Å². The van der Waals surface area contributed by atoms with Gasteiger partial charge >= 0.3 is 0 Å². The molecule has 1 saturated heterocycles. The van der Waals surface area contributed by atoms with E-state index in [1.165, 1.54) is 6.07 Å². The average molecular weight is 256 g/mol. The minimum absolute atomic E-state index is 0.0785. The van der Waals surface area contributed by atoms with Gasteiger partial charge in [-0.1, -0.05) is 23.7 Å². The smallest absolute Gasteiger partial charge is 0.142 e. The van der Waals surface area contributed by atoms with Gasteiger partial charge in [0.05, 0.1) is 5.02 Å². The number of carbonyl (C=O) groups is 1. The second-order valence-corrected chi connectivity index (χ2v) is 4.76. The molecule has 1 heterocycles. The van der Waals surface area contributed by atoms with Gasteiger partial charge in [-0.2, -0.15) is 0 Å². The normalized spacial score (nSPS) is 17.1. The first-order valence-electron chi connectivity index (χ1n) is 5.85. The summed E-state index contributed by atoms with van der Waals surface area (Å²) in [7, 11) is 0. The molecule has 0 aromatic heterocycles. The van der Waals surface area contributed by atoms with Crippen LogP contribution in [-0.4, -0.2) is 18.9 Å². The third kappa shape index (κ3) is 3.05. The van der Waals surface area contributed by atoms with Gasteiger partial charge in [0.25, 0.3) is 0 Å². The van der Waals surface area contributed by atoms with Gasteiger partial charge in [0.1, 0.15) is 11.6 Å². The van der Waals surface area contributed by atoms with Gasteiger partial charge in [0.2, 0.25) is 0 Å². The Morgan fingerprint density at radius 1 is 1.41 bits per heavy atom. The SMILES string of the molecule is O=C(Cc1cccc(F)c1Cl)C1CCNCC1. The first-order chi connectivity index (χ1) is 8.18. The molecule has 0 amide bonds. The molecule has 1 aromatic rings. The van der Waals surface area contributed by atoms with Crippen LogP contribution >= 0.6 is 11.6 Å². The second-order valence-electron chi connectivity index (χ2n) is 4.38. The van der Waals surface area contributed by atoms with Crippen LogP contribution in [0.2, 0.25) is 5.02 Å². The van der Waals surface area contributed by atoms with Crippen molar-refractivity contribution >= 4 is 17.4 Å². The summed E-state index contributed by atoms with van der Waals surface area (Å²) >= 11 is 5.84. The fourth-order valence-electron chi connectivity index (χ4n) is 2.16. The van der Waals surface area contributed by atoms with Crippen molar-refractivity contribution in [2.75, 3.05) is 13.1 Å². The van der Waals surface area contributed by atoms with Gasteiger partial charge in [0, 0.05) is 12.3 Å². The molecule has 0 unspecified atom stereocenters. The summed E-state index contributed by atoms with van der Waals surface area (Å²) in [4.78, 5) is 12.0. The van der Waals surface area contributed by atoms with E-state index in [4.69, 9.17) is 11.6 Å². The molecule has 2 nitrogen and oxygen atoms in total. The molecule has 0 saturated carbocycles. The molecule has 1 aliphatic rings. The highest BCUT2D eigenvalue weighted by Crippen LogP contribution is 2.23. The molecule has 2 rings (SSSR count). The summed E-state index contributed by atoms with van der Waals surface area (Å²) in [6, 6.07) is 4.61. The number of hydrogen-bond donors (Lipinski definition) is 1. The molecule has 0 atom stereocenters. The van der Waals surface area contributed by atoms with Gasteiger partial charge in [-0.3, -0.25) is 4.79 Å². The minimum atomic E-state index is -0.456. The Labute approximate surface area is 105 Å². The van der Waals surface area contributed by atoms with Gasteiger partial charge in [-0.15, -0.1) is 0 Å². The molecular weight excluding hydrogens is 241 g/mol. The Kier molecular flexibility index (Phi) is 4.13. The maximum absolute atomic E-state index is 13.2. The van der Waals surface area contributed by atoms with E-state index in [0.29, 0.717) is 5.56 Å². The Hall–Kier alpha value is -0.930. The van der Waals surface area contributed by atoms with Crippen LogP contribution in [0.3, 0.4) is 0 Å². The van der Waals surface area contributed by atoms with E-state index in [1.807, 2.05) is 0 Å². The molecule has 4 heteroatoms. The number of Topliss-reactive ketones (excluding diaryl/α,β-unsaturated/α-hetero) is 1. The molecule has 17 heavy (non-hydrogen) atoms. The van der Waals surface area contributed by atoms with Crippen LogP contribution in [0.25, 0.3) is 0 Å². The zero-order valence-electron chi connectivity index (χ0n) is 9.51. The van der Waals surface area contributed by atoms with Crippen molar-refractivity contribution in [1.82, 2.24) is 5.32 Å². The van der Waals surface area contributed by atoms with Crippen molar-refractivity contribution in [1.29, 1.82) is 0 Å². The Bertz CT molecular complexity index is 416. The Balaban J connectivity index is 2.04. The third-order valence-corrected chi connectivity index (χ3v) is 3.61. The van der Waals surface area contributed by atoms with Crippen LogP contribution in [0.4, 0.5) is 4.39 Å². The monoisotopic (exact) mass is 255 g/mol. The van der Waals surface area contributed by atoms with Crippen molar-refractivity contribution in [2.45, 2.75) is 19.3 Å². The number of ketones is 1. The molecule has 1 N–H and O–H groups in total. The van der Waals surface area contributed by atoms with Crippen LogP contribution in [-0.2, 0) is 11.2 Å². The van der Waals surface area contributed by atoms with Crippen molar-refractivity contribution < 1.29 is 9.18 Å². The molecule has 0 spiro atoms. The Morgan fingerprint density at radius 2 is 2.12 bits per heavy atom. The number of carbonyl (C=O) groups excluding carboxylic acids is 1. The summed E-state index contributed by atoms with van der Waals surface area (Å²) in [5.41, 5.74) is 0.593.